The predicted octanol–water partition coefficient (Wildman–Crippen LogP) is 2.16. The van der Waals surface area contributed by atoms with Gasteiger partial charge in [-0.1, -0.05) is 6.07 Å². The van der Waals surface area contributed by atoms with Crippen molar-refractivity contribution in [3.8, 4) is 5.69 Å². The molecule has 1 heterocycles. The van der Waals surface area contributed by atoms with E-state index < -0.39 is 0 Å². The van der Waals surface area contributed by atoms with Gasteiger partial charge in [-0.2, -0.15) is 5.10 Å². The van der Waals surface area contributed by atoms with Crippen molar-refractivity contribution in [3.05, 3.63) is 47.3 Å². The fourth-order valence-electron chi connectivity index (χ4n) is 2.28. The van der Waals surface area contributed by atoms with Crippen molar-refractivity contribution in [2.24, 2.45) is 0 Å². The summed E-state index contributed by atoms with van der Waals surface area (Å²) in [5, 5.41) is 14.0. The van der Waals surface area contributed by atoms with Crippen LogP contribution in [0, 0.1) is 6.92 Å². The van der Waals surface area contributed by atoms with Crippen LogP contribution in [0.25, 0.3) is 5.69 Å². The van der Waals surface area contributed by atoms with Crippen LogP contribution in [0.15, 0.2) is 30.6 Å². The van der Waals surface area contributed by atoms with Crippen molar-refractivity contribution in [3.63, 3.8) is 0 Å². The number of aliphatic hydroxyl groups is 1. The summed E-state index contributed by atoms with van der Waals surface area (Å²) in [4.78, 5) is 0. The van der Waals surface area contributed by atoms with Gasteiger partial charge in [0.15, 0.2) is 0 Å². The fourth-order valence-corrected chi connectivity index (χ4v) is 2.28. The van der Waals surface area contributed by atoms with Gasteiger partial charge in [-0.25, -0.2) is 4.68 Å². The van der Waals surface area contributed by atoms with Gasteiger partial charge in [-0.3, -0.25) is 0 Å². The van der Waals surface area contributed by atoms with Crippen LogP contribution in [0.2, 0.25) is 0 Å². The van der Waals surface area contributed by atoms with Gasteiger partial charge in [0.1, 0.15) is 0 Å². The lowest BCUT2D eigenvalue weighted by atomic mass is 10.1. The van der Waals surface area contributed by atoms with E-state index in [2.05, 4.69) is 11.2 Å². The van der Waals surface area contributed by atoms with Crippen LogP contribution in [0.4, 0.5) is 0 Å². The maximum atomic E-state index is 9.72. The van der Waals surface area contributed by atoms with E-state index in [1.165, 1.54) is 5.56 Å². The molecule has 1 aromatic carbocycles. The van der Waals surface area contributed by atoms with Gasteiger partial charge >= 0.3 is 0 Å². The summed E-state index contributed by atoms with van der Waals surface area (Å²) >= 11 is 0. The first-order valence-corrected chi connectivity index (χ1v) is 5.56. The van der Waals surface area contributed by atoms with E-state index in [4.69, 9.17) is 0 Å². The molecule has 0 saturated heterocycles. The van der Waals surface area contributed by atoms with Gasteiger partial charge in [0.05, 0.1) is 18.0 Å². The Kier molecular flexibility index (Phi) is 2.07. The number of fused-ring (bicyclic) bond motifs is 1. The summed E-state index contributed by atoms with van der Waals surface area (Å²) in [7, 11) is 0. The summed E-state index contributed by atoms with van der Waals surface area (Å²) in [5.41, 5.74) is 4.55. The molecular formula is C13H14N2O. The molecule has 1 aliphatic rings. The smallest absolute Gasteiger partial charge is 0.0795 e. The van der Waals surface area contributed by atoms with Crippen LogP contribution < -0.4 is 0 Å². The van der Waals surface area contributed by atoms with Gasteiger partial charge < -0.3 is 5.11 Å². The first-order chi connectivity index (χ1) is 7.74. The van der Waals surface area contributed by atoms with Crippen LogP contribution in [-0.4, -0.2) is 14.9 Å². The Morgan fingerprint density at radius 1 is 1.44 bits per heavy atom. The monoisotopic (exact) mass is 214 g/mol. The second-order valence-electron chi connectivity index (χ2n) is 4.40. The molecule has 82 valence electrons. The maximum absolute atomic E-state index is 9.72. The highest BCUT2D eigenvalue weighted by molar-refractivity contribution is 5.43. The molecule has 3 nitrogen and oxygen atoms in total. The number of aryl methyl sites for hydroxylation is 2. The van der Waals surface area contributed by atoms with Crippen molar-refractivity contribution < 1.29 is 5.11 Å². The van der Waals surface area contributed by atoms with Crippen molar-refractivity contribution in [2.45, 2.75) is 25.9 Å². The van der Waals surface area contributed by atoms with Gasteiger partial charge in [0.2, 0.25) is 0 Å². The highest BCUT2D eigenvalue weighted by atomic mass is 16.3. The zero-order valence-corrected chi connectivity index (χ0v) is 9.22. The number of benzene rings is 1. The lowest BCUT2D eigenvalue weighted by Gasteiger charge is -2.06. The standard InChI is InChI=1S/C13H14N2O/c1-9-7-14-15(8-9)11-3-4-12-10(6-11)2-5-13(12)16/h3-4,6-8,13,16H,2,5H2,1H3. The normalized spacial score (nSPS) is 18.8. The third-order valence-electron chi connectivity index (χ3n) is 3.15. The summed E-state index contributed by atoms with van der Waals surface area (Å²) in [5.74, 6) is 0. The van der Waals surface area contributed by atoms with E-state index in [1.54, 1.807) is 0 Å². The Hall–Kier alpha value is -1.61. The molecule has 3 heteroatoms. The molecule has 0 amide bonds. The van der Waals surface area contributed by atoms with Crippen LogP contribution in [0.5, 0.6) is 0 Å². The van der Waals surface area contributed by atoms with E-state index in [0.29, 0.717) is 0 Å². The Labute approximate surface area is 94.3 Å². The molecule has 0 bridgehead atoms. The van der Waals surface area contributed by atoms with Crippen molar-refractivity contribution in [1.29, 1.82) is 0 Å². The topological polar surface area (TPSA) is 38.0 Å². The molecule has 1 aromatic heterocycles. The number of aliphatic hydroxyl groups excluding tert-OH is 1. The molecule has 1 N–H and O–H groups in total. The molecule has 1 unspecified atom stereocenters. The SMILES string of the molecule is Cc1cnn(-c2ccc3c(c2)CCC3O)c1. The quantitative estimate of drug-likeness (QED) is 0.790. The lowest BCUT2D eigenvalue weighted by Crippen LogP contribution is -1.96. The Bertz CT molecular complexity index is 530. The molecule has 0 radical (unpaired) electrons. The van der Waals surface area contributed by atoms with Gasteiger partial charge in [0, 0.05) is 6.20 Å². The van der Waals surface area contributed by atoms with Crippen LogP contribution in [-0.2, 0) is 6.42 Å². The Morgan fingerprint density at radius 2 is 2.31 bits per heavy atom. The number of rotatable bonds is 1. The minimum absolute atomic E-state index is 0.275. The minimum atomic E-state index is -0.275. The number of aromatic nitrogens is 2. The third kappa shape index (κ3) is 1.44. The van der Waals surface area contributed by atoms with Crippen LogP contribution >= 0.6 is 0 Å². The van der Waals surface area contributed by atoms with Crippen molar-refractivity contribution >= 4 is 0 Å². The number of nitrogens with zero attached hydrogens (tertiary/aromatic N) is 2. The second-order valence-corrected chi connectivity index (χ2v) is 4.40. The number of hydrogen-bond acceptors (Lipinski definition) is 2. The predicted molar refractivity (Wildman–Crippen MR) is 61.6 cm³/mol. The molecule has 0 spiro atoms. The summed E-state index contributed by atoms with van der Waals surface area (Å²) in [6.07, 6.45) is 5.39. The van der Waals surface area contributed by atoms with Gasteiger partial charge in [-0.15, -0.1) is 0 Å². The molecule has 0 aliphatic heterocycles. The summed E-state index contributed by atoms with van der Waals surface area (Å²) in [6.45, 7) is 2.03. The third-order valence-corrected chi connectivity index (χ3v) is 3.15. The molecule has 1 aliphatic carbocycles. The van der Waals surface area contributed by atoms with Gasteiger partial charge in [-0.05, 0) is 48.6 Å². The zero-order valence-electron chi connectivity index (χ0n) is 9.22. The average molecular weight is 214 g/mol. The first-order valence-electron chi connectivity index (χ1n) is 5.56. The molecule has 1 atom stereocenters. The Balaban J connectivity index is 2.05. The average Bonchev–Trinajstić information content (AvgIpc) is 2.86. The van der Waals surface area contributed by atoms with Crippen LogP contribution in [0.1, 0.15) is 29.2 Å². The summed E-state index contributed by atoms with van der Waals surface area (Å²) < 4.78 is 1.88. The van der Waals surface area contributed by atoms with E-state index in [1.807, 2.05) is 36.1 Å². The molecule has 2 aromatic rings. The van der Waals surface area contributed by atoms with E-state index in [-0.39, 0.29) is 6.10 Å². The Morgan fingerprint density at radius 3 is 3.06 bits per heavy atom. The van der Waals surface area contributed by atoms with E-state index in [0.717, 1.165) is 29.7 Å². The van der Waals surface area contributed by atoms with Crippen molar-refractivity contribution in [2.75, 3.05) is 0 Å². The fraction of sp³-hybridized carbons (Fsp3) is 0.308. The van der Waals surface area contributed by atoms with Gasteiger partial charge in [0.25, 0.3) is 0 Å². The second kappa shape index (κ2) is 3.46. The number of hydrogen-bond donors (Lipinski definition) is 1. The highest BCUT2D eigenvalue weighted by Gasteiger charge is 2.20. The molecule has 0 saturated carbocycles. The van der Waals surface area contributed by atoms with E-state index >= 15 is 0 Å². The first kappa shape index (κ1) is 9.60. The highest BCUT2D eigenvalue weighted by Crippen LogP contribution is 2.32. The summed E-state index contributed by atoms with van der Waals surface area (Å²) in [6, 6.07) is 6.15. The van der Waals surface area contributed by atoms with Crippen LogP contribution in [0.3, 0.4) is 0 Å². The molecule has 3 rings (SSSR count). The van der Waals surface area contributed by atoms with E-state index in [9.17, 15) is 5.11 Å². The largest absolute Gasteiger partial charge is 0.388 e. The zero-order chi connectivity index (χ0) is 11.1. The van der Waals surface area contributed by atoms with Crippen molar-refractivity contribution in [1.82, 2.24) is 9.78 Å². The molecule has 16 heavy (non-hydrogen) atoms. The molecular weight excluding hydrogens is 200 g/mol. The minimum Gasteiger partial charge on any atom is -0.388 e. The lowest BCUT2D eigenvalue weighted by molar-refractivity contribution is 0.180. The molecule has 0 fully saturated rings. The maximum Gasteiger partial charge on any atom is 0.0795 e.